The van der Waals surface area contributed by atoms with Crippen LogP contribution < -0.4 is 21.1 Å². The molecule has 186 valence electrons. The second kappa shape index (κ2) is 9.00. The third-order valence-corrected chi connectivity index (χ3v) is 7.06. The van der Waals surface area contributed by atoms with Crippen LogP contribution in [0.15, 0.2) is 53.8 Å². The van der Waals surface area contributed by atoms with Gasteiger partial charge in [0.25, 0.3) is 0 Å². The quantitative estimate of drug-likeness (QED) is 0.259. The van der Waals surface area contributed by atoms with Gasteiger partial charge in [0.15, 0.2) is 11.0 Å². The lowest BCUT2D eigenvalue weighted by Gasteiger charge is -2.30. The van der Waals surface area contributed by atoms with Crippen LogP contribution in [-0.2, 0) is 0 Å². The molecule has 0 amide bonds. The fraction of sp³-hybridized carbons (Fsp3) is 0.192. The van der Waals surface area contributed by atoms with E-state index in [0.717, 1.165) is 16.3 Å². The van der Waals surface area contributed by atoms with Crippen molar-refractivity contribution in [3.05, 3.63) is 60.0 Å². The van der Waals surface area contributed by atoms with Crippen molar-refractivity contribution in [3.63, 3.8) is 0 Å². The molecule has 0 fully saturated rings. The first-order chi connectivity index (χ1) is 18.0. The van der Waals surface area contributed by atoms with Gasteiger partial charge < -0.3 is 21.1 Å². The van der Waals surface area contributed by atoms with Gasteiger partial charge >= 0.3 is 0 Å². The van der Waals surface area contributed by atoms with E-state index in [4.69, 9.17) is 21.2 Å². The van der Waals surface area contributed by atoms with Crippen LogP contribution in [-0.4, -0.2) is 44.3 Å². The molecule has 9 nitrogen and oxygen atoms in total. The fourth-order valence-electron chi connectivity index (χ4n) is 4.74. The Morgan fingerprint density at radius 2 is 1.89 bits per heavy atom. The molecule has 1 unspecified atom stereocenters. The number of rotatable bonds is 4. The summed E-state index contributed by atoms with van der Waals surface area (Å²) in [5.41, 5.74) is 13.6. The van der Waals surface area contributed by atoms with E-state index in [9.17, 15) is 0 Å². The van der Waals surface area contributed by atoms with Crippen LogP contribution in [0, 0.1) is 5.82 Å². The van der Waals surface area contributed by atoms with Gasteiger partial charge in [-0.05, 0) is 30.7 Å². The zero-order valence-corrected chi connectivity index (χ0v) is 21.0. The molecule has 0 saturated heterocycles. The standard InChI is InChI=1S/C26H23FN8OS/c1-13(15-8-5-9-30-23(15)29)35-10-11-36-25-18-21(33-26(37-2)34-24(18)35)19(27)22(32-25)20-16-7-4-3-6-14(16)12-17(28)31-20/h3-9,12-13H,10-11H2,1-2H3,(H2,28,31)(H2,29,30). The van der Waals surface area contributed by atoms with Gasteiger partial charge in [0.2, 0.25) is 5.88 Å². The van der Waals surface area contributed by atoms with Gasteiger partial charge in [-0.25, -0.2) is 29.3 Å². The van der Waals surface area contributed by atoms with Gasteiger partial charge in [-0.3, -0.25) is 0 Å². The summed E-state index contributed by atoms with van der Waals surface area (Å²) in [6.07, 6.45) is 3.50. The number of hydrogen-bond donors (Lipinski definition) is 2. The summed E-state index contributed by atoms with van der Waals surface area (Å²) in [6, 6.07) is 12.8. The van der Waals surface area contributed by atoms with Crippen molar-refractivity contribution < 1.29 is 9.13 Å². The predicted molar refractivity (Wildman–Crippen MR) is 144 cm³/mol. The predicted octanol–water partition coefficient (Wildman–Crippen LogP) is 4.62. The number of nitrogens with zero attached hydrogens (tertiary/aromatic N) is 6. The Kier molecular flexibility index (Phi) is 5.64. The highest BCUT2D eigenvalue weighted by molar-refractivity contribution is 7.98. The molecule has 0 saturated carbocycles. The Morgan fingerprint density at radius 1 is 1.05 bits per heavy atom. The van der Waals surface area contributed by atoms with Crippen molar-refractivity contribution in [2.45, 2.75) is 18.1 Å². The van der Waals surface area contributed by atoms with E-state index in [1.165, 1.54) is 11.8 Å². The average molecular weight is 515 g/mol. The van der Waals surface area contributed by atoms with Crippen LogP contribution >= 0.6 is 11.8 Å². The molecule has 4 aromatic heterocycles. The van der Waals surface area contributed by atoms with Crippen LogP contribution in [0.5, 0.6) is 5.88 Å². The highest BCUT2D eigenvalue weighted by Crippen LogP contribution is 2.42. The number of pyridine rings is 3. The average Bonchev–Trinajstić information content (AvgIpc) is 3.09. The van der Waals surface area contributed by atoms with Gasteiger partial charge in [-0.15, -0.1) is 0 Å². The first-order valence-electron chi connectivity index (χ1n) is 11.7. The molecule has 1 atom stereocenters. The molecule has 0 radical (unpaired) electrons. The Bertz CT molecular complexity index is 1680. The van der Waals surface area contributed by atoms with E-state index >= 15 is 4.39 Å². The first kappa shape index (κ1) is 23.2. The van der Waals surface area contributed by atoms with Gasteiger partial charge in [0.05, 0.1) is 12.6 Å². The van der Waals surface area contributed by atoms with Crippen molar-refractivity contribution in [1.29, 1.82) is 0 Å². The van der Waals surface area contributed by atoms with Gasteiger partial charge in [-0.2, -0.15) is 0 Å². The number of halogens is 1. The van der Waals surface area contributed by atoms with Crippen molar-refractivity contribution in [2.24, 2.45) is 0 Å². The zero-order chi connectivity index (χ0) is 25.7. The maximum Gasteiger partial charge on any atom is 0.227 e. The summed E-state index contributed by atoms with van der Waals surface area (Å²) in [6.45, 7) is 2.78. The normalized spacial score (nSPS) is 14.0. The van der Waals surface area contributed by atoms with Crippen LogP contribution in [0.4, 0.5) is 21.8 Å². The molecule has 0 bridgehead atoms. The second-order valence-corrected chi connectivity index (χ2v) is 9.42. The van der Waals surface area contributed by atoms with E-state index in [2.05, 4.69) is 19.9 Å². The van der Waals surface area contributed by atoms with E-state index in [1.54, 1.807) is 12.3 Å². The van der Waals surface area contributed by atoms with Crippen LogP contribution in [0.2, 0.25) is 0 Å². The lowest BCUT2D eigenvalue weighted by Crippen LogP contribution is -2.31. The Hall–Kier alpha value is -4.25. The van der Waals surface area contributed by atoms with Gasteiger partial charge in [-0.1, -0.05) is 42.1 Å². The molecule has 1 aromatic carbocycles. The minimum Gasteiger partial charge on any atom is -0.475 e. The molecule has 5 heterocycles. The smallest absolute Gasteiger partial charge is 0.227 e. The molecule has 1 aliphatic heterocycles. The Labute approximate surface area is 216 Å². The van der Waals surface area contributed by atoms with E-state index in [-0.39, 0.29) is 29.0 Å². The molecular weight excluding hydrogens is 491 g/mol. The lowest BCUT2D eigenvalue weighted by molar-refractivity contribution is 0.316. The third kappa shape index (κ3) is 3.82. The summed E-state index contributed by atoms with van der Waals surface area (Å²) in [4.78, 5) is 24.7. The number of nitrogen functional groups attached to an aromatic ring is 2. The maximum absolute atomic E-state index is 16.4. The van der Waals surface area contributed by atoms with Crippen LogP contribution in [0.25, 0.3) is 33.1 Å². The number of anilines is 3. The number of nitrogens with two attached hydrogens (primary N) is 2. The van der Waals surface area contributed by atoms with E-state index < -0.39 is 5.82 Å². The lowest BCUT2D eigenvalue weighted by atomic mass is 10.1. The molecule has 0 spiro atoms. The Morgan fingerprint density at radius 3 is 2.70 bits per heavy atom. The maximum atomic E-state index is 16.4. The van der Waals surface area contributed by atoms with Gasteiger partial charge in [0.1, 0.15) is 46.4 Å². The van der Waals surface area contributed by atoms with Crippen molar-refractivity contribution in [3.8, 4) is 17.3 Å². The first-order valence-corrected chi connectivity index (χ1v) is 12.9. The summed E-state index contributed by atoms with van der Waals surface area (Å²) in [5.74, 6) is 0.858. The SMILES string of the molecule is CSc1nc2c3c(nc(-c4nc(N)cc5ccccc45)c(F)c3n1)OCCN2C(C)c1cccnc1N. The number of hydrogen-bond acceptors (Lipinski definition) is 10. The summed E-state index contributed by atoms with van der Waals surface area (Å²) in [5, 5.41) is 2.39. The monoisotopic (exact) mass is 514 g/mol. The van der Waals surface area contributed by atoms with Gasteiger partial charge in [0, 0.05) is 17.1 Å². The summed E-state index contributed by atoms with van der Waals surface area (Å²) in [7, 11) is 0. The summed E-state index contributed by atoms with van der Waals surface area (Å²) < 4.78 is 22.4. The molecule has 5 aromatic rings. The zero-order valence-electron chi connectivity index (χ0n) is 20.1. The summed E-state index contributed by atoms with van der Waals surface area (Å²) >= 11 is 1.33. The Balaban J connectivity index is 1.62. The number of ether oxygens (including phenoxy) is 1. The van der Waals surface area contributed by atoms with E-state index in [1.807, 2.05) is 54.5 Å². The fourth-order valence-corrected chi connectivity index (χ4v) is 5.10. The largest absolute Gasteiger partial charge is 0.475 e. The van der Waals surface area contributed by atoms with E-state index in [0.29, 0.717) is 41.0 Å². The number of aromatic nitrogens is 5. The third-order valence-electron chi connectivity index (χ3n) is 6.51. The number of benzene rings is 1. The number of fused-ring (bicyclic) bond motifs is 1. The van der Waals surface area contributed by atoms with Crippen molar-refractivity contribution in [1.82, 2.24) is 24.9 Å². The molecule has 1 aliphatic rings. The van der Waals surface area contributed by atoms with Crippen molar-refractivity contribution >= 4 is 50.9 Å². The highest BCUT2D eigenvalue weighted by Gasteiger charge is 2.31. The van der Waals surface area contributed by atoms with Crippen LogP contribution in [0.3, 0.4) is 0 Å². The minimum absolute atomic E-state index is 0.0284. The molecule has 6 rings (SSSR count). The molecule has 4 N–H and O–H groups in total. The van der Waals surface area contributed by atoms with Crippen LogP contribution in [0.1, 0.15) is 18.5 Å². The molecule has 37 heavy (non-hydrogen) atoms. The molecular formula is C26H23FN8OS. The molecule has 0 aliphatic carbocycles. The molecule has 11 heteroatoms. The van der Waals surface area contributed by atoms with Crippen molar-refractivity contribution in [2.75, 3.05) is 35.8 Å². The topological polar surface area (TPSA) is 129 Å². The second-order valence-electron chi connectivity index (χ2n) is 8.65. The highest BCUT2D eigenvalue weighted by atomic mass is 32.2. The minimum atomic E-state index is -0.611. The number of thioether (sulfide) groups is 1.